The van der Waals surface area contributed by atoms with E-state index in [1.165, 1.54) is 5.56 Å². The van der Waals surface area contributed by atoms with Crippen LogP contribution in [0.3, 0.4) is 0 Å². The van der Waals surface area contributed by atoms with Crippen LogP contribution in [0.2, 0.25) is 10.0 Å². The van der Waals surface area contributed by atoms with Gasteiger partial charge in [-0.3, -0.25) is 0 Å². The summed E-state index contributed by atoms with van der Waals surface area (Å²) in [4.78, 5) is 0. The Morgan fingerprint density at radius 3 is 2.33 bits per heavy atom. The van der Waals surface area contributed by atoms with Gasteiger partial charge >= 0.3 is 0 Å². The molecule has 1 atom stereocenters. The highest BCUT2D eigenvalue weighted by molar-refractivity contribution is 6.42. The highest BCUT2D eigenvalue weighted by atomic mass is 35.5. The molecule has 0 radical (unpaired) electrons. The van der Waals surface area contributed by atoms with Gasteiger partial charge in [0.05, 0.1) is 27.5 Å². The van der Waals surface area contributed by atoms with Gasteiger partial charge in [0.1, 0.15) is 0 Å². The monoisotopic (exact) mass is 278 g/mol. The molecule has 0 bridgehead atoms. The largest absolute Gasteiger partial charge is 0.381 e. The average molecular weight is 279 g/mol. The minimum Gasteiger partial charge on any atom is -0.381 e. The van der Waals surface area contributed by atoms with Gasteiger partial charge in [-0.25, -0.2) is 0 Å². The Hall–Kier alpha value is -1.38. The minimum absolute atomic E-state index is 0.246. The zero-order valence-corrected chi connectivity index (χ0v) is 11.1. The SMILES string of the molecule is Clc1cc2c(cc1Cl)NC(c1ccccc1)CN2. The third-order valence-corrected chi connectivity index (χ3v) is 3.81. The number of rotatable bonds is 1. The molecular formula is C14H12Cl2N2. The van der Waals surface area contributed by atoms with Gasteiger partial charge < -0.3 is 10.6 Å². The van der Waals surface area contributed by atoms with Gasteiger partial charge in [0, 0.05) is 6.54 Å². The molecule has 0 fully saturated rings. The number of fused-ring (bicyclic) bond motifs is 1. The van der Waals surface area contributed by atoms with Crippen LogP contribution in [0.1, 0.15) is 11.6 Å². The molecule has 2 aromatic carbocycles. The summed E-state index contributed by atoms with van der Waals surface area (Å²) < 4.78 is 0. The van der Waals surface area contributed by atoms with E-state index in [9.17, 15) is 0 Å². The average Bonchev–Trinajstić information content (AvgIpc) is 2.41. The zero-order valence-electron chi connectivity index (χ0n) is 9.58. The van der Waals surface area contributed by atoms with Crippen molar-refractivity contribution < 1.29 is 0 Å². The highest BCUT2D eigenvalue weighted by Crippen LogP contribution is 2.37. The normalized spacial score (nSPS) is 17.6. The predicted octanol–water partition coefficient (Wildman–Crippen LogP) is 4.57. The van der Waals surface area contributed by atoms with Gasteiger partial charge in [-0.1, -0.05) is 53.5 Å². The van der Waals surface area contributed by atoms with E-state index in [-0.39, 0.29) is 6.04 Å². The molecular weight excluding hydrogens is 267 g/mol. The lowest BCUT2D eigenvalue weighted by atomic mass is 10.0. The highest BCUT2D eigenvalue weighted by Gasteiger charge is 2.19. The second-order valence-corrected chi connectivity index (χ2v) is 5.11. The molecule has 0 spiro atoms. The lowest BCUT2D eigenvalue weighted by Gasteiger charge is -2.29. The molecule has 0 aromatic heterocycles. The number of hydrogen-bond donors (Lipinski definition) is 2. The topological polar surface area (TPSA) is 24.1 Å². The summed E-state index contributed by atoms with van der Waals surface area (Å²) in [7, 11) is 0. The van der Waals surface area contributed by atoms with E-state index >= 15 is 0 Å². The molecule has 1 unspecified atom stereocenters. The molecule has 0 amide bonds. The fraction of sp³-hybridized carbons (Fsp3) is 0.143. The standard InChI is InChI=1S/C14H12Cl2N2/c15-10-6-12-13(7-11(10)16)18-14(8-17-12)9-4-2-1-3-5-9/h1-7,14,17-18H,8H2. The second-order valence-electron chi connectivity index (χ2n) is 4.30. The van der Waals surface area contributed by atoms with Crippen LogP contribution in [0.4, 0.5) is 11.4 Å². The van der Waals surface area contributed by atoms with Crippen LogP contribution in [-0.4, -0.2) is 6.54 Å². The first-order valence-electron chi connectivity index (χ1n) is 5.78. The number of benzene rings is 2. The minimum atomic E-state index is 0.246. The molecule has 2 aromatic rings. The van der Waals surface area contributed by atoms with Crippen LogP contribution in [0, 0.1) is 0 Å². The van der Waals surface area contributed by atoms with Crippen LogP contribution in [-0.2, 0) is 0 Å². The summed E-state index contributed by atoms with van der Waals surface area (Å²) in [5.74, 6) is 0. The van der Waals surface area contributed by atoms with Crippen LogP contribution < -0.4 is 10.6 Å². The third-order valence-electron chi connectivity index (χ3n) is 3.09. The second kappa shape index (κ2) is 4.71. The Balaban J connectivity index is 1.92. The summed E-state index contributed by atoms with van der Waals surface area (Å²) in [5, 5.41) is 7.99. The maximum absolute atomic E-state index is 6.04. The summed E-state index contributed by atoms with van der Waals surface area (Å²) in [5.41, 5.74) is 3.24. The molecule has 1 aliphatic rings. The summed E-state index contributed by atoms with van der Waals surface area (Å²) in [6, 6.07) is 14.3. The first kappa shape index (κ1) is 11.7. The van der Waals surface area contributed by atoms with Crippen molar-refractivity contribution in [2.75, 3.05) is 17.2 Å². The summed E-state index contributed by atoms with van der Waals surface area (Å²) in [6.45, 7) is 0.828. The van der Waals surface area contributed by atoms with Crippen molar-refractivity contribution in [1.29, 1.82) is 0 Å². The summed E-state index contributed by atoms with van der Waals surface area (Å²) >= 11 is 12.0. The zero-order chi connectivity index (χ0) is 12.5. The molecule has 2 nitrogen and oxygen atoms in total. The van der Waals surface area contributed by atoms with Crippen LogP contribution >= 0.6 is 23.2 Å². The van der Waals surface area contributed by atoms with Crippen molar-refractivity contribution in [2.45, 2.75) is 6.04 Å². The molecule has 1 aliphatic heterocycles. The van der Waals surface area contributed by atoms with Gasteiger partial charge in [0.2, 0.25) is 0 Å². The van der Waals surface area contributed by atoms with Gasteiger partial charge in [0.25, 0.3) is 0 Å². The quantitative estimate of drug-likeness (QED) is 0.798. The molecule has 3 rings (SSSR count). The molecule has 0 aliphatic carbocycles. The summed E-state index contributed by atoms with van der Waals surface area (Å²) in [6.07, 6.45) is 0. The van der Waals surface area contributed by atoms with Crippen molar-refractivity contribution >= 4 is 34.6 Å². The molecule has 92 valence electrons. The molecule has 0 saturated carbocycles. The molecule has 4 heteroatoms. The van der Waals surface area contributed by atoms with E-state index in [1.807, 2.05) is 30.3 Å². The van der Waals surface area contributed by atoms with Crippen molar-refractivity contribution in [3.63, 3.8) is 0 Å². The lowest BCUT2D eigenvalue weighted by molar-refractivity contribution is 0.804. The molecule has 18 heavy (non-hydrogen) atoms. The third kappa shape index (κ3) is 2.14. The first-order chi connectivity index (χ1) is 8.74. The lowest BCUT2D eigenvalue weighted by Crippen LogP contribution is -2.25. The van der Waals surface area contributed by atoms with E-state index in [2.05, 4.69) is 22.8 Å². The van der Waals surface area contributed by atoms with Crippen molar-refractivity contribution in [3.8, 4) is 0 Å². The van der Waals surface area contributed by atoms with Gasteiger partial charge in [-0.15, -0.1) is 0 Å². The van der Waals surface area contributed by atoms with E-state index in [1.54, 1.807) is 0 Å². The fourth-order valence-electron chi connectivity index (χ4n) is 2.15. The maximum atomic E-state index is 6.04. The van der Waals surface area contributed by atoms with Gasteiger partial charge in [-0.2, -0.15) is 0 Å². The number of hydrogen-bond acceptors (Lipinski definition) is 2. The smallest absolute Gasteiger partial charge is 0.0687 e. The van der Waals surface area contributed by atoms with E-state index in [0.29, 0.717) is 10.0 Å². The van der Waals surface area contributed by atoms with Gasteiger partial charge in [0.15, 0.2) is 0 Å². The fourth-order valence-corrected chi connectivity index (χ4v) is 2.48. The Labute approximate surface area is 116 Å². The van der Waals surface area contributed by atoms with E-state index < -0.39 is 0 Å². The number of nitrogens with one attached hydrogen (secondary N) is 2. The Bertz CT molecular complexity index is 570. The molecule has 2 N–H and O–H groups in total. The van der Waals surface area contributed by atoms with E-state index in [4.69, 9.17) is 23.2 Å². The number of halogens is 2. The van der Waals surface area contributed by atoms with Crippen LogP contribution in [0.5, 0.6) is 0 Å². The number of anilines is 2. The van der Waals surface area contributed by atoms with Crippen molar-refractivity contribution in [1.82, 2.24) is 0 Å². The Morgan fingerprint density at radius 2 is 1.61 bits per heavy atom. The van der Waals surface area contributed by atoms with Crippen molar-refractivity contribution in [3.05, 3.63) is 58.1 Å². The first-order valence-corrected chi connectivity index (χ1v) is 6.54. The molecule has 0 saturated heterocycles. The van der Waals surface area contributed by atoms with Gasteiger partial charge in [-0.05, 0) is 17.7 Å². The Kier molecular flexibility index (Phi) is 3.06. The predicted molar refractivity (Wildman–Crippen MR) is 77.8 cm³/mol. The van der Waals surface area contributed by atoms with Crippen LogP contribution in [0.15, 0.2) is 42.5 Å². The maximum Gasteiger partial charge on any atom is 0.0687 e. The van der Waals surface area contributed by atoms with E-state index in [0.717, 1.165) is 17.9 Å². The van der Waals surface area contributed by atoms with Crippen LogP contribution in [0.25, 0.3) is 0 Å². The Morgan fingerprint density at radius 1 is 0.944 bits per heavy atom. The molecule has 1 heterocycles. The van der Waals surface area contributed by atoms with Crippen molar-refractivity contribution in [2.24, 2.45) is 0 Å².